The highest BCUT2D eigenvalue weighted by molar-refractivity contribution is 5.83. The van der Waals surface area contributed by atoms with Crippen LogP contribution < -0.4 is 0 Å². The van der Waals surface area contributed by atoms with Gasteiger partial charge in [-0.2, -0.15) is 0 Å². The van der Waals surface area contributed by atoms with E-state index < -0.39 is 0 Å². The van der Waals surface area contributed by atoms with E-state index in [2.05, 4.69) is 98.4 Å². The van der Waals surface area contributed by atoms with E-state index in [4.69, 9.17) is 0 Å². The van der Waals surface area contributed by atoms with E-state index in [1.807, 2.05) is 0 Å². The van der Waals surface area contributed by atoms with Crippen LogP contribution in [0.1, 0.15) is 123 Å². The summed E-state index contributed by atoms with van der Waals surface area (Å²) in [7, 11) is 0. The number of benzene rings is 1. The van der Waals surface area contributed by atoms with Gasteiger partial charge in [0.15, 0.2) is 0 Å². The highest BCUT2D eigenvalue weighted by Crippen LogP contribution is 2.33. The van der Waals surface area contributed by atoms with Gasteiger partial charge in [0, 0.05) is 0 Å². The number of allylic oxidation sites excluding steroid dienone is 5. The van der Waals surface area contributed by atoms with Crippen molar-refractivity contribution in [3.05, 3.63) is 65.3 Å². The van der Waals surface area contributed by atoms with Crippen LogP contribution in [0.4, 0.5) is 0 Å². The quantitative estimate of drug-likeness (QED) is 0.201. The van der Waals surface area contributed by atoms with Gasteiger partial charge in [-0.3, -0.25) is 0 Å². The molecule has 0 heteroatoms. The zero-order valence-electron chi connectivity index (χ0n) is 22.7. The molecule has 180 valence electrons. The Morgan fingerprint density at radius 2 is 1.72 bits per heavy atom. The van der Waals surface area contributed by atoms with Crippen LogP contribution in [0.5, 0.6) is 0 Å². The van der Waals surface area contributed by atoms with E-state index in [1.54, 1.807) is 0 Å². The molecular formula is C32H52. The van der Waals surface area contributed by atoms with Crippen molar-refractivity contribution in [3.63, 3.8) is 0 Å². The summed E-state index contributed by atoms with van der Waals surface area (Å²) in [6.45, 7) is 22.7. The zero-order valence-corrected chi connectivity index (χ0v) is 22.7. The van der Waals surface area contributed by atoms with Gasteiger partial charge in [0.2, 0.25) is 0 Å². The Morgan fingerprint density at radius 3 is 2.28 bits per heavy atom. The Kier molecular flexibility index (Phi) is 13.0. The van der Waals surface area contributed by atoms with E-state index in [0.29, 0.717) is 0 Å². The zero-order chi connectivity index (χ0) is 24.1. The average Bonchev–Trinajstić information content (AvgIpc) is 2.73. The molecule has 1 unspecified atom stereocenters. The van der Waals surface area contributed by atoms with Crippen LogP contribution in [0, 0.1) is 18.8 Å². The van der Waals surface area contributed by atoms with E-state index in [9.17, 15) is 0 Å². The topological polar surface area (TPSA) is 0 Å². The van der Waals surface area contributed by atoms with Gasteiger partial charge in [-0.05, 0) is 71.3 Å². The monoisotopic (exact) mass is 436 g/mol. The number of hydrogen-bond acceptors (Lipinski definition) is 0. The number of aryl methyl sites for hydroxylation is 1. The Labute approximate surface area is 201 Å². The van der Waals surface area contributed by atoms with Gasteiger partial charge in [-0.15, -0.1) is 0 Å². The summed E-state index contributed by atoms with van der Waals surface area (Å²) in [6.07, 6.45) is 18.5. The first-order valence-corrected chi connectivity index (χ1v) is 13.3. The minimum atomic E-state index is 0.149. The molecule has 0 saturated carbocycles. The predicted octanol–water partition coefficient (Wildman–Crippen LogP) is 10.6. The van der Waals surface area contributed by atoms with E-state index in [1.165, 1.54) is 72.8 Å². The molecule has 0 aliphatic heterocycles. The number of hydrogen-bond donors (Lipinski definition) is 0. The molecule has 0 aliphatic rings. The minimum Gasteiger partial charge on any atom is -0.0985 e. The van der Waals surface area contributed by atoms with Gasteiger partial charge in [0.05, 0.1) is 0 Å². The Hall–Kier alpha value is -1.56. The lowest BCUT2D eigenvalue weighted by molar-refractivity contribution is 0.470. The highest BCUT2D eigenvalue weighted by atomic mass is 14.2. The smallest absolute Gasteiger partial charge is 0.0132 e. The summed E-state index contributed by atoms with van der Waals surface area (Å²) in [5.41, 5.74) is 7.00. The average molecular weight is 437 g/mol. The van der Waals surface area contributed by atoms with Gasteiger partial charge in [-0.25, -0.2) is 0 Å². The molecular weight excluding hydrogens is 384 g/mol. The van der Waals surface area contributed by atoms with Crippen molar-refractivity contribution in [1.82, 2.24) is 0 Å². The van der Waals surface area contributed by atoms with Crippen LogP contribution in [-0.2, 0) is 5.41 Å². The van der Waals surface area contributed by atoms with Gasteiger partial charge in [-0.1, -0.05) is 130 Å². The lowest BCUT2D eigenvalue weighted by atomic mass is 9.82. The third kappa shape index (κ3) is 9.93. The maximum Gasteiger partial charge on any atom is -0.0132 e. The van der Waals surface area contributed by atoms with Gasteiger partial charge in [0.25, 0.3) is 0 Å². The molecule has 0 fully saturated rings. The van der Waals surface area contributed by atoms with Crippen LogP contribution in [-0.4, -0.2) is 0 Å². The fourth-order valence-corrected chi connectivity index (χ4v) is 4.38. The van der Waals surface area contributed by atoms with E-state index >= 15 is 0 Å². The summed E-state index contributed by atoms with van der Waals surface area (Å²) in [5, 5.41) is 0. The molecule has 0 heterocycles. The standard InChI is InChI=1S/C32H52/c1-10-17-27(11-2)21-23-30(28(12-3)19-16-14-13-15-18-25(4)5)31-24-29(32(7,8)9)22-20-26(31)6/h12,19-20,22-25,27H,3,10-11,13-18,21H2,1-2,4-9H3/b28-19+,30-23-. The second-order valence-corrected chi connectivity index (χ2v) is 11.1. The Bertz CT molecular complexity index is 736. The van der Waals surface area contributed by atoms with Crippen molar-refractivity contribution in [2.75, 3.05) is 0 Å². The minimum absolute atomic E-state index is 0.149. The first kappa shape index (κ1) is 28.5. The lowest BCUT2D eigenvalue weighted by Gasteiger charge is -2.22. The molecule has 1 aromatic carbocycles. The summed E-state index contributed by atoms with van der Waals surface area (Å²) in [6, 6.07) is 7.04. The van der Waals surface area contributed by atoms with Crippen molar-refractivity contribution >= 4 is 5.57 Å². The maximum atomic E-state index is 4.22. The molecule has 0 amide bonds. The van der Waals surface area contributed by atoms with Crippen LogP contribution in [0.3, 0.4) is 0 Å². The molecule has 0 saturated heterocycles. The molecule has 0 aliphatic carbocycles. The van der Waals surface area contributed by atoms with Gasteiger partial charge >= 0.3 is 0 Å². The first-order valence-electron chi connectivity index (χ1n) is 13.3. The first-order chi connectivity index (χ1) is 15.1. The molecule has 0 aromatic heterocycles. The maximum absolute atomic E-state index is 4.22. The molecule has 0 N–H and O–H groups in total. The van der Waals surface area contributed by atoms with Crippen molar-refractivity contribution in [1.29, 1.82) is 0 Å². The Balaban J connectivity index is 3.25. The molecule has 0 nitrogen and oxygen atoms in total. The molecule has 0 bridgehead atoms. The van der Waals surface area contributed by atoms with Crippen LogP contribution >= 0.6 is 0 Å². The number of rotatable bonds is 14. The Morgan fingerprint density at radius 1 is 1.00 bits per heavy atom. The van der Waals surface area contributed by atoms with Gasteiger partial charge < -0.3 is 0 Å². The van der Waals surface area contributed by atoms with Crippen molar-refractivity contribution in [3.8, 4) is 0 Å². The fourth-order valence-electron chi connectivity index (χ4n) is 4.38. The second kappa shape index (κ2) is 14.6. The van der Waals surface area contributed by atoms with Crippen LogP contribution in [0.25, 0.3) is 5.57 Å². The van der Waals surface area contributed by atoms with Gasteiger partial charge in [0.1, 0.15) is 0 Å². The summed E-state index contributed by atoms with van der Waals surface area (Å²) in [5.74, 6) is 1.58. The van der Waals surface area contributed by atoms with E-state index in [0.717, 1.165) is 24.7 Å². The summed E-state index contributed by atoms with van der Waals surface area (Å²) < 4.78 is 0. The number of unbranched alkanes of at least 4 members (excludes halogenated alkanes) is 3. The normalized spacial score (nSPS) is 14.2. The molecule has 32 heavy (non-hydrogen) atoms. The third-order valence-electron chi connectivity index (χ3n) is 6.70. The molecule has 1 aromatic rings. The summed E-state index contributed by atoms with van der Waals surface area (Å²) >= 11 is 0. The van der Waals surface area contributed by atoms with Crippen LogP contribution in [0.15, 0.2) is 48.6 Å². The third-order valence-corrected chi connectivity index (χ3v) is 6.70. The molecule has 1 rings (SSSR count). The SMILES string of the molecule is C=CC(=C\CCCCCC(C)C)/C(=C/CC(CC)CCC)c1cc(C(C)(C)C)ccc1C. The van der Waals surface area contributed by atoms with E-state index in [-0.39, 0.29) is 5.41 Å². The van der Waals surface area contributed by atoms with Crippen molar-refractivity contribution in [2.24, 2.45) is 11.8 Å². The summed E-state index contributed by atoms with van der Waals surface area (Å²) in [4.78, 5) is 0. The largest absolute Gasteiger partial charge is 0.0985 e. The predicted molar refractivity (Wildman–Crippen MR) is 147 cm³/mol. The molecule has 1 atom stereocenters. The lowest BCUT2D eigenvalue weighted by Crippen LogP contribution is -2.11. The van der Waals surface area contributed by atoms with Crippen molar-refractivity contribution < 1.29 is 0 Å². The molecule has 0 radical (unpaired) electrons. The molecule has 0 spiro atoms. The fraction of sp³-hybridized carbons (Fsp3) is 0.625. The van der Waals surface area contributed by atoms with Crippen molar-refractivity contribution in [2.45, 2.75) is 119 Å². The second-order valence-electron chi connectivity index (χ2n) is 11.1. The van der Waals surface area contributed by atoms with Crippen LogP contribution in [0.2, 0.25) is 0 Å². The highest BCUT2D eigenvalue weighted by Gasteiger charge is 2.17.